The molecule has 1 saturated heterocycles. The van der Waals surface area contributed by atoms with Crippen LogP contribution in [0.1, 0.15) is 33.7 Å². The SMILES string of the molecule is C[C@@H]1CN([C@H](C)CNC(=O)[C@@H](C)n2cncn2)C[C@@H](C)O1. The van der Waals surface area contributed by atoms with Gasteiger partial charge >= 0.3 is 0 Å². The van der Waals surface area contributed by atoms with Gasteiger partial charge in [-0.25, -0.2) is 9.67 Å². The fourth-order valence-corrected chi connectivity index (χ4v) is 2.64. The third-order valence-electron chi connectivity index (χ3n) is 3.86. The first-order chi connectivity index (χ1) is 9.97. The molecule has 21 heavy (non-hydrogen) atoms. The topological polar surface area (TPSA) is 72.3 Å². The van der Waals surface area contributed by atoms with Crippen molar-refractivity contribution in [1.29, 1.82) is 0 Å². The Kier molecular flexibility index (Phi) is 5.30. The first kappa shape index (κ1) is 15.9. The second-order valence-corrected chi connectivity index (χ2v) is 5.86. The van der Waals surface area contributed by atoms with Gasteiger partial charge < -0.3 is 10.1 Å². The largest absolute Gasteiger partial charge is 0.373 e. The fraction of sp³-hybridized carbons (Fsp3) is 0.786. The molecular weight excluding hydrogens is 270 g/mol. The lowest BCUT2D eigenvalue weighted by atomic mass is 10.1. The number of ether oxygens (including phenoxy) is 1. The van der Waals surface area contributed by atoms with E-state index in [0.29, 0.717) is 6.54 Å². The molecule has 1 aromatic rings. The van der Waals surface area contributed by atoms with Crippen molar-refractivity contribution in [2.24, 2.45) is 0 Å². The van der Waals surface area contributed by atoms with Crippen molar-refractivity contribution >= 4 is 5.91 Å². The van der Waals surface area contributed by atoms with E-state index in [-0.39, 0.29) is 30.2 Å². The zero-order valence-electron chi connectivity index (χ0n) is 13.2. The van der Waals surface area contributed by atoms with Gasteiger partial charge in [0.05, 0.1) is 12.2 Å². The number of amides is 1. The van der Waals surface area contributed by atoms with Crippen LogP contribution in [0.4, 0.5) is 0 Å². The van der Waals surface area contributed by atoms with Crippen molar-refractivity contribution in [3.63, 3.8) is 0 Å². The van der Waals surface area contributed by atoms with Crippen molar-refractivity contribution < 1.29 is 9.53 Å². The number of hydrogen-bond acceptors (Lipinski definition) is 5. The van der Waals surface area contributed by atoms with Crippen LogP contribution in [0, 0.1) is 0 Å². The smallest absolute Gasteiger partial charge is 0.244 e. The lowest BCUT2D eigenvalue weighted by molar-refractivity contribution is -0.124. The number of morpholine rings is 1. The molecule has 4 atom stereocenters. The van der Waals surface area contributed by atoms with Crippen LogP contribution in [0.5, 0.6) is 0 Å². The number of nitrogens with zero attached hydrogens (tertiary/aromatic N) is 4. The summed E-state index contributed by atoms with van der Waals surface area (Å²) in [5.41, 5.74) is 0. The molecule has 0 aromatic carbocycles. The van der Waals surface area contributed by atoms with E-state index in [1.165, 1.54) is 6.33 Å². The Balaban J connectivity index is 1.80. The van der Waals surface area contributed by atoms with Gasteiger partial charge in [0.15, 0.2) is 0 Å². The van der Waals surface area contributed by atoms with Gasteiger partial charge in [0.2, 0.25) is 5.91 Å². The Morgan fingerprint density at radius 3 is 2.62 bits per heavy atom. The predicted molar refractivity (Wildman–Crippen MR) is 78.8 cm³/mol. The van der Waals surface area contributed by atoms with E-state index in [1.807, 2.05) is 6.92 Å². The zero-order chi connectivity index (χ0) is 15.4. The number of hydrogen-bond donors (Lipinski definition) is 1. The van der Waals surface area contributed by atoms with Gasteiger partial charge in [-0.2, -0.15) is 5.10 Å². The number of aromatic nitrogens is 3. The summed E-state index contributed by atoms with van der Waals surface area (Å²) in [5, 5.41) is 6.98. The number of carbonyl (C=O) groups is 1. The van der Waals surface area contributed by atoms with E-state index < -0.39 is 0 Å². The average molecular weight is 295 g/mol. The highest BCUT2D eigenvalue weighted by molar-refractivity contribution is 5.79. The van der Waals surface area contributed by atoms with Gasteiger partial charge in [-0.05, 0) is 27.7 Å². The van der Waals surface area contributed by atoms with Gasteiger partial charge in [0, 0.05) is 25.7 Å². The molecule has 1 N–H and O–H groups in total. The Bertz CT molecular complexity index is 440. The van der Waals surface area contributed by atoms with Crippen LogP contribution in [0.3, 0.4) is 0 Å². The zero-order valence-corrected chi connectivity index (χ0v) is 13.2. The lowest BCUT2D eigenvalue weighted by Gasteiger charge is -2.39. The second-order valence-electron chi connectivity index (χ2n) is 5.86. The molecule has 1 aliphatic rings. The summed E-state index contributed by atoms with van der Waals surface area (Å²) in [5.74, 6) is -0.0401. The third kappa shape index (κ3) is 4.25. The van der Waals surface area contributed by atoms with Crippen LogP contribution < -0.4 is 5.32 Å². The molecule has 1 aromatic heterocycles. The predicted octanol–water partition coefficient (Wildman–Crippen LogP) is 0.453. The second kappa shape index (κ2) is 7.00. The highest BCUT2D eigenvalue weighted by atomic mass is 16.5. The third-order valence-corrected chi connectivity index (χ3v) is 3.86. The molecule has 1 fully saturated rings. The molecule has 0 radical (unpaired) electrons. The molecule has 1 aliphatic heterocycles. The summed E-state index contributed by atoms with van der Waals surface area (Å²) in [4.78, 5) is 18.3. The standard InChI is InChI=1S/C14H25N5O2/c1-10(18-6-11(2)21-12(3)7-18)5-16-14(20)13(4)19-9-15-8-17-19/h8-13H,5-7H2,1-4H3,(H,16,20)/t10-,11-,12-,13-/m1/s1. The van der Waals surface area contributed by atoms with E-state index >= 15 is 0 Å². The van der Waals surface area contributed by atoms with Crippen LogP contribution >= 0.6 is 0 Å². The van der Waals surface area contributed by atoms with Crippen molar-refractivity contribution in [3.8, 4) is 0 Å². The van der Waals surface area contributed by atoms with Crippen LogP contribution in [0.25, 0.3) is 0 Å². The van der Waals surface area contributed by atoms with Crippen LogP contribution in [0.2, 0.25) is 0 Å². The number of nitrogens with one attached hydrogen (secondary N) is 1. The summed E-state index contributed by atoms with van der Waals surface area (Å²) >= 11 is 0. The fourth-order valence-electron chi connectivity index (χ4n) is 2.64. The van der Waals surface area contributed by atoms with E-state index in [9.17, 15) is 4.79 Å². The minimum absolute atomic E-state index is 0.0401. The molecule has 0 spiro atoms. The van der Waals surface area contributed by atoms with Crippen molar-refractivity contribution in [1.82, 2.24) is 25.0 Å². The van der Waals surface area contributed by atoms with E-state index in [4.69, 9.17) is 4.74 Å². The molecular formula is C14H25N5O2. The lowest BCUT2D eigenvalue weighted by Crippen LogP contribution is -2.52. The molecule has 1 amide bonds. The molecule has 0 bridgehead atoms. The first-order valence-electron chi connectivity index (χ1n) is 7.48. The molecule has 2 rings (SSSR count). The highest BCUT2D eigenvalue weighted by Gasteiger charge is 2.26. The number of rotatable bonds is 5. The minimum Gasteiger partial charge on any atom is -0.373 e. The van der Waals surface area contributed by atoms with Gasteiger partial charge in [0.25, 0.3) is 0 Å². The van der Waals surface area contributed by atoms with Crippen molar-refractivity contribution in [2.45, 2.75) is 52.0 Å². The minimum atomic E-state index is -0.345. The summed E-state index contributed by atoms with van der Waals surface area (Å²) in [6.07, 6.45) is 3.46. The Labute approximate surface area is 125 Å². The van der Waals surface area contributed by atoms with Gasteiger partial charge in [0.1, 0.15) is 18.7 Å². The summed E-state index contributed by atoms with van der Waals surface area (Å²) in [6.45, 7) is 10.5. The molecule has 0 unspecified atom stereocenters. The quantitative estimate of drug-likeness (QED) is 0.854. The summed E-state index contributed by atoms with van der Waals surface area (Å²) in [7, 11) is 0. The van der Waals surface area contributed by atoms with Crippen molar-refractivity contribution in [2.75, 3.05) is 19.6 Å². The Hall–Kier alpha value is -1.47. The molecule has 7 nitrogen and oxygen atoms in total. The maximum absolute atomic E-state index is 12.1. The van der Waals surface area contributed by atoms with Crippen LogP contribution in [-0.4, -0.2) is 63.5 Å². The highest BCUT2D eigenvalue weighted by Crippen LogP contribution is 2.13. The summed E-state index contributed by atoms with van der Waals surface area (Å²) < 4.78 is 7.29. The van der Waals surface area contributed by atoms with Gasteiger partial charge in [-0.3, -0.25) is 9.69 Å². The maximum Gasteiger partial charge on any atom is 0.244 e. The molecule has 0 saturated carbocycles. The van der Waals surface area contributed by atoms with Gasteiger partial charge in [-0.1, -0.05) is 0 Å². The molecule has 2 heterocycles. The Morgan fingerprint density at radius 2 is 2.05 bits per heavy atom. The monoisotopic (exact) mass is 295 g/mol. The average Bonchev–Trinajstić information content (AvgIpc) is 2.96. The molecule has 118 valence electrons. The normalized spacial score (nSPS) is 26.3. The van der Waals surface area contributed by atoms with Crippen LogP contribution in [-0.2, 0) is 9.53 Å². The van der Waals surface area contributed by atoms with E-state index in [2.05, 4.69) is 41.1 Å². The van der Waals surface area contributed by atoms with Crippen molar-refractivity contribution in [3.05, 3.63) is 12.7 Å². The molecule has 7 heteroatoms. The Morgan fingerprint density at radius 1 is 1.38 bits per heavy atom. The maximum atomic E-state index is 12.1. The first-order valence-corrected chi connectivity index (χ1v) is 7.48. The van der Waals surface area contributed by atoms with Gasteiger partial charge in [-0.15, -0.1) is 0 Å². The van der Waals surface area contributed by atoms with Crippen LogP contribution in [0.15, 0.2) is 12.7 Å². The summed E-state index contributed by atoms with van der Waals surface area (Å²) in [6, 6.07) is -0.0621. The van der Waals surface area contributed by atoms with E-state index in [1.54, 1.807) is 11.0 Å². The van der Waals surface area contributed by atoms with E-state index in [0.717, 1.165) is 13.1 Å². The molecule has 0 aliphatic carbocycles. The number of carbonyl (C=O) groups excluding carboxylic acids is 1.